The Morgan fingerprint density at radius 2 is 1.97 bits per heavy atom. The molecule has 9 nitrogen and oxygen atoms in total. The van der Waals surface area contributed by atoms with Crippen LogP contribution in [0.15, 0.2) is 42.9 Å². The quantitative estimate of drug-likeness (QED) is 0.569. The predicted molar refractivity (Wildman–Crippen MR) is 127 cm³/mol. The first-order chi connectivity index (χ1) is 16.6. The van der Waals surface area contributed by atoms with Crippen LogP contribution in [0.3, 0.4) is 0 Å². The third kappa shape index (κ3) is 4.39. The van der Waals surface area contributed by atoms with Crippen LogP contribution in [0.1, 0.15) is 30.1 Å². The summed E-state index contributed by atoms with van der Waals surface area (Å²) < 4.78 is 5.93. The summed E-state index contributed by atoms with van der Waals surface area (Å²) in [4.78, 5) is 40.8. The molecule has 1 aromatic carbocycles. The van der Waals surface area contributed by atoms with Crippen LogP contribution in [0.25, 0.3) is 11.0 Å². The number of para-hydroxylation sites is 1. The molecular formula is C25H26N6O3. The topological polar surface area (TPSA) is 103 Å². The lowest BCUT2D eigenvalue weighted by Crippen LogP contribution is -2.56. The molecule has 2 fully saturated rings. The summed E-state index contributed by atoms with van der Waals surface area (Å²) in [5.41, 5.74) is 1.12. The standard InChI is InChI=1S/C25H26N6O3/c1-2-7-21(32)30-11-6-8-17(13-30)29-24-22-20(12-26-23(22)27-16-28-24)25(33)31-14-19(15-31)34-18-9-4-3-5-10-18/h3-5,9-10,12,16-17,19H,6,8,11,13-15H2,1H3,(H2,26,27,28,29). The molecule has 4 heterocycles. The zero-order valence-corrected chi connectivity index (χ0v) is 19.0. The Morgan fingerprint density at radius 1 is 1.15 bits per heavy atom. The first-order valence-electron chi connectivity index (χ1n) is 11.4. The van der Waals surface area contributed by atoms with Crippen molar-refractivity contribution in [3.05, 3.63) is 48.4 Å². The lowest BCUT2D eigenvalue weighted by molar-refractivity contribution is -0.126. The van der Waals surface area contributed by atoms with E-state index in [1.165, 1.54) is 6.33 Å². The van der Waals surface area contributed by atoms with Crippen LogP contribution >= 0.6 is 0 Å². The van der Waals surface area contributed by atoms with Crippen LogP contribution in [0, 0.1) is 11.8 Å². The molecule has 9 heteroatoms. The van der Waals surface area contributed by atoms with E-state index in [1.807, 2.05) is 30.3 Å². The molecule has 2 N–H and O–H groups in total. The van der Waals surface area contributed by atoms with Crippen LogP contribution in [0.4, 0.5) is 5.82 Å². The van der Waals surface area contributed by atoms with Crippen molar-refractivity contribution in [3.63, 3.8) is 0 Å². The van der Waals surface area contributed by atoms with E-state index in [9.17, 15) is 9.59 Å². The third-order valence-corrected chi connectivity index (χ3v) is 6.16. The second kappa shape index (κ2) is 9.43. The molecule has 2 amide bonds. The SMILES string of the molecule is CC#CC(=O)N1CCCC(Nc2ncnc3[nH]cc(C(=O)N4CC(Oc5ccccc5)C4)c23)C1. The lowest BCUT2D eigenvalue weighted by atomic mass is 10.0. The Labute approximate surface area is 197 Å². The Balaban J connectivity index is 1.29. The maximum Gasteiger partial charge on any atom is 0.298 e. The highest BCUT2D eigenvalue weighted by molar-refractivity contribution is 6.09. The van der Waals surface area contributed by atoms with Gasteiger partial charge < -0.3 is 24.8 Å². The first-order valence-corrected chi connectivity index (χ1v) is 11.4. The van der Waals surface area contributed by atoms with Crippen molar-refractivity contribution in [1.29, 1.82) is 0 Å². The van der Waals surface area contributed by atoms with Crippen molar-refractivity contribution in [3.8, 4) is 17.6 Å². The van der Waals surface area contributed by atoms with Crippen LogP contribution < -0.4 is 10.1 Å². The summed E-state index contributed by atoms with van der Waals surface area (Å²) in [6.07, 6.45) is 4.90. The molecule has 1 atom stereocenters. The van der Waals surface area contributed by atoms with E-state index in [2.05, 4.69) is 32.1 Å². The van der Waals surface area contributed by atoms with E-state index < -0.39 is 0 Å². The molecule has 0 saturated carbocycles. The highest BCUT2D eigenvalue weighted by Crippen LogP contribution is 2.28. The number of rotatable bonds is 5. The number of aromatic nitrogens is 3. The minimum atomic E-state index is -0.163. The van der Waals surface area contributed by atoms with Gasteiger partial charge in [0.2, 0.25) is 0 Å². The maximum atomic E-state index is 13.3. The van der Waals surface area contributed by atoms with Crippen molar-refractivity contribution in [2.45, 2.75) is 31.9 Å². The number of hydrogen-bond donors (Lipinski definition) is 2. The number of carbonyl (C=O) groups excluding carboxylic acids is 2. The van der Waals surface area contributed by atoms with E-state index in [0.717, 1.165) is 18.6 Å². The van der Waals surface area contributed by atoms with Crippen LogP contribution in [-0.4, -0.2) is 74.9 Å². The van der Waals surface area contributed by atoms with Gasteiger partial charge >= 0.3 is 0 Å². The molecule has 2 aliphatic rings. The normalized spacial score (nSPS) is 18.1. The smallest absolute Gasteiger partial charge is 0.298 e. The lowest BCUT2D eigenvalue weighted by Gasteiger charge is -2.39. The molecule has 2 aromatic heterocycles. The molecular weight excluding hydrogens is 432 g/mol. The molecule has 174 valence electrons. The van der Waals surface area contributed by atoms with Gasteiger partial charge in [0.1, 0.15) is 29.6 Å². The van der Waals surface area contributed by atoms with Gasteiger partial charge in [-0.25, -0.2) is 9.97 Å². The van der Waals surface area contributed by atoms with E-state index in [-0.39, 0.29) is 24.0 Å². The summed E-state index contributed by atoms with van der Waals surface area (Å²) in [5.74, 6) is 6.43. The number of hydrogen-bond acceptors (Lipinski definition) is 6. The number of amides is 2. The molecule has 0 aliphatic carbocycles. The molecule has 34 heavy (non-hydrogen) atoms. The van der Waals surface area contributed by atoms with Crippen molar-refractivity contribution in [1.82, 2.24) is 24.8 Å². The van der Waals surface area contributed by atoms with Gasteiger partial charge in [0.15, 0.2) is 0 Å². The van der Waals surface area contributed by atoms with E-state index in [0.29, 0.717) is 48.6 Å². The second-order valence-corrected chi connectivity index (χ2v) is 8.52. The third-order valence-electron chi connectivity index (χ3n) is 6.16. The Morgan fingerprint density at radius 3 is 2.76 bits per heavy atom. The molecule has 0 bridgehead atoms. The van der Waals surface area contributed by atoms with Crippen molar-refractivity contribution in [2.24, 2.45) is 0 Å². The van der Waals surface area contributed by atoms with Gasteiger partial charge in [-0.15, -0.1) is 0 Å². The monoisotopic (exact) mass is 458 g/mol. The summed E-state index contributed by atoms with van der Waals surface area (Å²) >= 11 is 0. The minimum absolute atomic E-state index is 0.0139. The largest absolute Gasteiger partial charge is 0.487 e. The minimum Gasteiger partial charge on any atom is -0.487 e. The summed E-state index contributed by atoms with van der Waals surface area (Å²) in [6, 6.07) is 9.63. The number of likely N-dealkylation sites (tertiary alicyclic amines) is 2. The van der Waals surface area contributed by atoms with E-state index >= 15 is 0 Å². The van der Waals surface area contributed by atoms with Crippen molar-refractivity contribution >= 4 is 28.7 Å². The summed E-state index contributed by atoms with van der Waals surface area (Å²) in [6.45, 7) is 3.94. The molecule has 2 aliphatic heterocycles. The zero-order chi connectivity index (χ0) is 23.5. The summed E-state index contributed by atoms with van der Waals surface area (Å²) in [7, 11) is 0. The predicted octanol–water partition coefficient (Wildman–Crippen LogP) is 2.29. The fraction of sp³-hybridized carbons (Fsp3) is 0.360. The molecule has 3 aromatic rings. The van der Waals surface area contributed by atoms with Crippen LogP contribution in [-0.2, 0) is 4.79 Å². The number of nitrogens with one attached hydrogen (secondary N) is 2. The number of anilines is 1. The number of ether oxygens (including phenoxy) is 1. The van der Waals surface area contributed by atoms with Crippen LogP contribution in [0.2, 0.25) is 0 Å². The van der Waals surface area contributed by atoms with Gasteiger partial charge in [0.25, 0.3) is 11.8 Å². The fourth-order valence-corrected chi connectivity index (χ4v) is 4.44. The highest BCUT2D eigenvalue weighted by atomic mass is 16.5. The van der Waals surface area contributed by atoms with Crippen LogP contribution in [0.5, 0.6) is 5.75 Å². The van der Waals surface area contributed by atoms with E-state index in [1.54, 1.807) is 22.9 Å². The van der Waals surface area contributed by atoms with Crippen molar-refractivity contribution in [2.75, 3.05) is 31.5 Å². The van der Waals surface area contributed by atoms with Gasteiger partial charge in [-0.2, -0.15) is 0 Å². The first kappa shape index (κ1) is 21.8. The average molecular weight is 459 g/mol. The molecule has 0 spiro atoms. The van der Waals surface area contributed by atoms with Gasteiger partial charge in [-0.3, -0.25) is 9.59 Å². The number of aromatic amines is 1. The van der Waals surface area contributed by atoms with E-state index in [4.69, 9.17) is 4.74 Å². The highest BCUT2D eigenvalue weighted by Gasteiger charge is 2.34. The Kier molecular flexibility index (Phi) is 6.04. The Hall–Kier alpha value is -4.06. The molecule has 1 unspecified atom stereocenters. The van der Waals surface area contributed by atoms with Gasteiger partial charge in [0, 0.05) is 25.3 Å². The van der Waals surface area contributed by atoms with Gasteiger partial charge in [-0.1, -0.05) is 24.1 Å². The summed E-state index contributed by atoms with van der Waals surface area (Å²) in [5, 5.41) is 4.10. The average Bonchev–Trinajstić information content (AvgIpc) is 3.27. The number of nitrogens with zero attached hydrogens (tertiary/aromatic N) is 4. The number of H-pyrrole nitrogens is 1. The van der Waals surface area contributed by atoms with Crippen molar-refractivity contribution < 1.29 is 14.3 Å². The van der Waals surface area contributed by atoms with Gasteiger partial charge in [-0.05, 0) is 37.8 Å². The number of carbonyl (C=O) groups is 2. The fourth-order valence-electron chi connectivity index (χ4n) is 4.44. The maximum absolute atomic E-state index is 13.3. The zero-order valence-electron chi connectivity index (χ0n) is 19.0. The molecule has 5 rings (SSSR count). The Bertz CT molecular complexity index is 1260. The number of benzene rings is 1. The number of fused-ring (bicyclic) bond motifs is 1. The van der Waals surface area contributed by atoms with Gasteiger partial charge in [0.05, 0.1) is 24.0 Å². The molecule has 2 saturated heterocycles. The number of piperidine rings is 1. The second-order valence-electron chi connectivity index (χ2n) is 8.52. The molecule has 0 radical (unpaired) electrons.